The molecule has 0 spiro atoms. The summed E-state index contributed by atoms with van der Waals surface area (Å²) in [5, 5.41) is 0. The van der Waals surface area contributed by atoms with Crippen LogP contribution in [0, 0.1) is 6.92 Å². The van der Waals surface area contributed by atoms with Gasteiger partial charge in [0.25, 0.3) is 0 Å². The first-order chi connectivity index (χ1) is 13.7. The fraction of sp³-hybridized carbons (Fsp3) is 0.333. The lowest BCUT2D eigenvalue weighted by Crippen LogP contribution is -2.50. The number of aromatic nitrogens is 2. The van der Waals surface area contributed by atoms with Gasteiger partial charge in [-0.15, -0.1) is 0 Å². The minimum atomic E-state index is -0.303. The number of rotatable bonds is 3. The molecule has 0 aliphatic carbocycles. The molecule has 5 heterocycles. The van der Waals surface area contributed by atoms with Crippen molar-refractivity contribution in [2.24, 2.45) is 0 Å². The number of nitrogens with one attached hydrogen (secondary N) is 2. The Bertz CT molecular complexity index is 980. The fourth-order valence-corrected chi connectivity index (χ4v) is 4.22. The minimum Gasteiger partial charge on any atom is -0.465 e. The number of fused-ring (bicyclic) bond motifs is 1. The molecule has 3 unspecified atom stereocenters. The summed E-state index contributed by atoms with van der Waals surface area (Å²) in [6.07, 6.45) is 4.50. The SMILES string of the molecule is Cc1ccc(C2CC(C(=O)N3CCn4cccc4C3c3ccccn3)NN2)o1. The molecule has 0 bridgehead atoms. The number of aryl methyl sites for hydroxylation is 1. The predicted octanol–water partition coefficient (Wildman–Crippen LogP) is 2.32. The first-order valence-electron chi connectivity index (χ1n) is 9.64. The standard InChI is InChI=1S/C21H23N5O2/c1-14-7-8-19(28-14)16-13-17(24-23-16)21(27)26-12-11-25-10-4-6-18(25)20(26)15-5-2-3-9-22-15/h2-10,16-17,20,23-24H,11-13H2,1H3. The molecule has 2 aliphatic rings. The summed E-state index contributed by atoms with van der Waals surface area (Å²) in [5.41, 5.74) is 8.37. The molecule has 3 aromatic heterocycles. The molecular formula is C21H23N5O2. The Labute approximate surface area is 163 Å². The second-order valence-corrected chi connectivity index (χ2v) is 7.39. The van der Waals surface area contributed by atoms with E-state index in [-0.39, 0.29) is 24.0 Å². The van der Waals surface area contributed by atoms with Crippen LogP contribution in [0.15, 0.2) is 59.3 Å². The van der Waals surface area contributed by atoms with Gasteiger partial charge in [0.1, 0.15) is 23.6 Å². The second kappa shape index (κ2) is 6.92. The molecule has 1 fully saturated rings. The third-order valence-corrected chi connectivity index (χ3v) is 5.60. The molecule has 1 saturated heterocycles. The molecular weight excluding hydrogens is 354 g/mol. The zero-order chi connectivity index (χ0) is 19.1. The lowest BCUT2D eigenvalue weighted by molar-refractivity contribution is -0.136. The average Bonchev–Trinajstić information content (AvgIpc) is 3.47. The highest BCUT2D eigenvalue weighted by Crippen LogP contribution is 2.33. The molecule has 2 N–H and O–H groups in total. The van der Waals surface area contributed by atoms with E-state index in [4.69, 9.17) is 4.42 Å². The quantitative estimate of drug-likeness (QED) is 0.733. The van der Waals surface area contributed by atoms with Crippen molar-refractivity contribution in [2.45, 2.75) is 38.0 Å². The maximum Gasteiger partial charge on any atom is 0.242 e. The van der Waals surface area contributed by atoms with E-state index in [2.05, 4.69) is 32.7 Å². The Morgan fingerprint density at radius 1 is 1.14 bits per heavy atom. The van der Waals surface area contributed by atoms with Gasteiger partial charge >= 0.3 is 0 Å². The number of hydrazine groups is 1. The van der Waals surface area contributed by atoms with Gasteiger partial charge in [-0.2, -0.15) is 0 Å². The summed E-state index contributed by atoms with van der Waals surface area (Å²) in [7, 11) is 0. The van der Waals surface area contributed by atoms with Crippen LogP contribution in [0.1, 0.15) is 41.4 Å². The Hall–Kier alpha value is -2.90. The second-order valence-electron chi connectivity index (χ2n) is 7.39. The summed E-state index contributed by atoms with van der Waals surface area (Å²) < 4.78 is 7.93. The van der Waals surface area contributed by atoms with Gasteiger partial charge in [-0.05, 0) is 49.7 Å². The highest BCUT2D eigenvalue weighted by atomic mass is 16.3. The number of amides is 1. The Morgan fingerprint density at radius 2 is 2.07 bits per heavy atom. The molecule has 3 aromatic rings. The van der Waals surface area contributed by atoms with Crippen molar-refractivity contribution in [3.63, 3.8) is 0 Å². The van der Waals surface area contributed by atoms with Crippen molar-refractivity contribution in [2.75, 3.05) is 6.54 Å². The number of furan rings is 1. The van der Waals surface area contributed by atoms with E-state index in [9.17, 15) is 4.79 Å². The van der Waals surface area contributed by atoms with Crippen LogP contribution < -0.4 is 10.9 Å². The van der Waals surface area contributed by atoms with Crippen molar-refractivity contribution in [3.8, 4) is 0 Å². The maximum absolute atomic E-state index is 13.5. The molecule has 7 heteroatoms. The van der Waals surface area contributed by atoms with Gasteiger partial charge in [0, 0.05) is 31.2 Å². The van der Waals surface area contributed by atoms with E-state index in [0.717, 1.165) is 29.5 Å². The van der Waals surface area contributed by atoms with Crippen molar-refractivity contribution >= 4 is 5.91 Å². The van der Waals surface area contributed by atoms with Crippen LogP contribution in [0.25, 0.3) is 0 Å². The number of hydrogen-bond donors (Lipinski definition) is 2. The number of carbonyl (C=O) groups excluding carboxylic acids is 1. The first-order valence-corrected chi connectivity index (χ1v) is 9.64. The lowest BCUT2D eigenvalue weighted by atomic mass is 10.0. The number of hydrogen-bond acceptors (Lipinski definition) is 5. The van der Waals surface area contributed by atoms with Crippen LogP contribution in [-0.2, 0) is 11.3 Å². The molecule has 7 nitrogen and oxygen atoms in total. The third kappa shape index (κ3) is 2.93. The monoisotopic (exact) mass is 377 g/mol. The zero-order valence-corrected chi connectivity index (χ0v) is 15.7. The fourth-order valence-electron chi connectivity index (χ4n) is 4.22. The van der Waals surface area contributed by atoms with Crippen LogP contribution >= 0.6 is 0 Å². The molecule has 5 rings (SSSR count). The van der Waals surface area contributed by atoms with E-state index >= 15 is 0 Å². The van der Waals surface area contributed by atoms with Gasteiger partial charge in [-0.3, -0.25) is 9.78 Å². The summed E-state index contributed by atoms with van der Waals surface area (Å²) in [4.78, 5) is 20.0. The summed E-state index contributed by atoms with van der Waals surface area (Å²) in [6, 6.07) is 13.4. The Balaban J connectivity index is 1.41. The van der Waals surface area contributed by atoms with Crippen LogP contribution in [0.3, 0.4) is 0 Å². The summed E-state index contributed by atoms with van der Waals surface area (Å²) in [5.74, 6) is 1.81. The number of pyridine rings is 1. The maximum atomic E-state index is 13.5. The molecule has 144 valence electrons. The van der Waals surface area contributed by atoms with Crippen LogP contribution in [-0.4, -0.2) is 32.9 Å². The van der Waals surface area contributed by atoms with Crippen molar-refractivity contribution in [3.05, 3.63) is 77.8 Å². The molecule has 3 atom stereocenters. The van der Waals surface area contributed by atoms with Crippen LogP contribution in [0.2, 0.25) is 0 Å². The molecule has 28 heavy (non-hydrogen) atoms. The average molecular weight is 377 g/mol. The van der Waals surface area contributed by atoms with Crippen molar-refractivity contribution < 1.29 is 9.21 Å². The number of nitrogens with zero attached hydrogens (tertiary/aromatic N) is 3. The molecule has 1 amide bonds. The topological polar surface area (TPSA) is 75.3 Å². The number of carbonyl (C=O) groups is 1. The highest BCUT2D eigenvalue weighted by Gasteiger charge is 2.39. The molecule has 0 radical (unpaired) electrons. The van der Waals surface area contributed by atoms with Gasteiger partial charge in [-0.25, -0.2) is 10.9 Å². The van der Waals surface area contributed by atoms with Gasteiger partial charge in [0.15, 0.2) is 0 Å². The highest BCUT2D eigenvalue weighted by molar-refractivity contribution is 5.83. The van der Waals surface area contributed by atoms with E-state index in [1.54, 1.807) is 6.20 Å². The van der Waals surface area contributed by atoms with E-state index in [1.807, 2.05) is 48.2 Å². The van der Waals surface area contributed by atoms with Gasteiger partial charge in [0.2, 0.25) is 5.91 Å². The van der Waals surface area contributed by atoms with E-state index < -0.39 is 0 Å². The van der Waals surface area contributed by atoms with E-state index in [1.165, 1.54) is 0 Å². The predicted molar refractivity (Wildman–Crippen MR) is 103 cm³/mol. The smallest absolute Gasteiger partial charge is 0.242 e. The Kier molecular flexibility index (Phi) is 4.26. The van der Waals surface area contributed by atoms with Gasteiger partial charge in [-0.1, -0.05) is 6.07 Å². The molecule has 0 aromatic carbocycles. The van der Waals surface area contributed by atoms with Gasteiger partial charge < -0.3 is 13.9 Å². The Morgan fingerprint density at radius 3 is 2.86 bits per heavy atom. The first kappa shape index (κ1) is 17.2. The molecule has 2 aliphatic heterocycles. The lowest BCUT2D eigenvalue weighted by Gasteiger charge is -2.38. The normalized spacial score (nSPS) is 24.3. The molecule has 0 saturated carbocycles. The summed E-state index contributed by atoms with van der Waals surface area (Å²) in [6.45, 7) is 3.37. The van der Waals surface area contributed by atoms with Crippen LogP contribution in [0.5, 0.6) is 0 Å². The minimum absolute atomic E-state index is 0.00963. The largest absolute Gasteiger partial charge is 0.465 e. The van der Waals surface area contributed by atoms with Gasteiger partial charge in [0.05, 0.1) is 11.7 Å². The third-order valence-electron chi connectivity index (χ3n) is 5.60. The van der Waals surface area contributed by atoms with Crippen molar-refractivity contribution in [1.82, 2.24) is 25.3 Å². The zero-order valence-electron chi connectivity index (χ0n) is 15.7. The van der Waals surface area contributed by atoms with Crippen LogP contribution in [0.4, 0.5) is 0 Å². The summed E-state index contributed by atoms with van der Waals surface area (Å²) >= 11 is 0. The van der Waals surface area contributed by atoms with E-state index in [0.29, 0.717) is 13.0 Å². The van der Waals surface area contributed by atoms with Crippen molar-refractivity contribution in [1.29, 1.82) is 0 Å².